The van der Waals surface area contributed by atoms with Gasteiger partial charge in [-0.25, -0.2) is 4.98 Å². The van der Waals surface area contributed by atoms with Gasteiger partial charge in [0.15, 0.2) is 5.16 Å². The molecule has 1 unspecified atom stereocenters. The van der Waals surface area contributed by atoms with Crippen LogP contribution in [0.2, 0.25) is 0 Å². The molecule has 0 aromatic carbocycles. The molecule has 0 saturated carbocycles. The number of thiol groups is 1. The Bertz CT molecular complexity index is 418. The van der Waals surface area contributed by atoms with E-state index in [1.54, 1.807) is 0 Å². The van der Waals surface area contributed by atoms with Crippen LogP contribution in [0.1, 0.15) is 0 Å². The van der Waals surface area contributed by atoms with Gasteiger partial charge in [0, 0.05) is 23.8 Å². The Balaban J connectivity index is 1.95. The maximum Gasteiger partial charge on any atom is 0.156 e. The van der Waals surface area contributed by atoms with Gasteiger partial charge in [-0.05, 0) is 17.8 Å². The highest BCUT2D eigenvalue weighted by Gasteiger charge is 2.21. The Morgan fingerprint density at radius 2 is 2.21 bits per heavy atom. The Hall–Kier alpha value is -1.42. The van der Waals surface area contributed by atoms with Crippen LogP contribution < -0.4 is 5.32 Å². The molecule has 3 rings (SSSR count). The van der Waals surface area contributed by atoms with E-state index < -0.39 is 0 Å². The molecule has 14 heavy (non-hydrogen) atoms. The number of nitrogens with one attached hydrogen (secondary N) is 1. The van der Waals surface area contributed by atoms with Crippen LogP contribution in [0.3, 0.4) is 0 Å². The van der Waals surface area contributed by atoms with E-state index >= 15 is 0 Å². The van der Waals surface area contributed by atoms with Gasteiger partial charge in [0.1, 0.15) is 0 Å². The number of hydrogen-bond acceptors (Lipinski definition) is 2. The molecule has 2 aliphatic rings. The van der Waals surface area contributed by atoms with Crippen molar-refractivity contribution in [1.82, 2.24) is 14.9 Å². The quantitative estimate of drug-likeness (QED) is 0.683. The van der Waals surface area contributed by atoms with Crippen molar-refractivity contribution in [3.8, 4) is 0 Å². The second kappa shape index (κ2) is 3.06. The standard InChI is InChI=1S/C10H11N3S/c1-3-11-4-2-9(1)14-8-7-13-6-5-12-10(13)14/h1-9,11,14H. The van der Waals surface area contributed by atoms with Crippen LogP contribution in [-0.4, -0.2) is 14.8 Å². The lowest BCUT2D eigenvalue weighted by molar-refractivity contribution is 0.948. The van der Waals surface area contributed by atoms with Crippen LogP contribution in [0, 0.1) is 0 Å². The maximum absolute atomic E-state index is 4.39. The van der Waals surface area contributed by atoms with Gasteiger partial charge in [-0.2, -0.15) is 10.9 Å². The Morgan fingerprint density at radius 1 is 1.36 bits per heavy atom. The summed E-state index contributed by atoms with van der Waals surface area (Å²) in [6.07, 6.45) is 14.3. The monoisotopic (exact) mass is 205 g/mol. The van der Waals surface area contributed by atoms with E-state index in [0.717, 1.165) is 0 Å². The lowest BCUT2D eigenvalue weighted by Gasteiger charge is -2.20. The molecule has 0 radical (unpaired) electrons. The van der Waals surface area contributed by atoms with Gasteiger partial charge in [-0.3, -0.25) is 0 Å². The van der Waals surface area contributed by atoms with Gasteiger partial charge >= 0.3 is 0 Å². The molecule has 0 amide bonds. The first-order valence-electron chi connectivity index (χ1n) is 4.54. The fourth-order valence-corrected chi connectivity index (χ4v) is 3.71. The third-order valence-corrected chi connectivity index (χ3v) is 4.62. The predicted octanol–water partition coefficient (Wildman–Crippen LogP) is 1.68. The number of imidazole rings is 1. The third-order valence-electron chi connectivity index (χ3n) is 2.37. The molecule has 0 spiro atoms. The summed E-state index contributed by atoms with van der Waals surface area (Å²) in [5.41, 5.74) is 0. The van der Waals surface area contributed by atoms with E-state index in [9.17, 15) is 0 Å². The number of fused-ring (bicyclic) bond motifs is 1. The smallest absolute Gasteiger partial charge is 0.156 e. The first-order chi connectivity index (χ1) is 6.95. The zero-order valence-electron chi connectivity index (χ0n) is 7.54. The van der Waals surface area contributed by atoms with E-state index in [1.807, 2.05) is 24.8 Å². The number of rotatable bonds is 1. The van der Waals surface area contributed by atoms with Crippen molar-refractivity contribution in [2.24, 2.45) is 0 Å². The molecular weight excluding hydrogens is 194 g/mol. The maximum atomic E-state index is 4.39. The molecule has 2 aliphatic heterocycles. The van der Waals surface area contributed by atoms with Crippen LogP contribution in [0.15, 0.2) is 47.5 Å². The van der Waals surface area contributed by atoms with Crippen molar-refractivity contribution in [2.75, 3.05) is 0 Å². The van der Waals surface area contributed by atoms with Crippen LogP contribution in [0.5, 0.6) is 0 Å². The van der Waals surface area contributed by atoms with Gasteiger partial charge < -0.3 is 9.88 Å². The fraction of sp³-hybridized carbons (Fsp3) is 0.100. The molecule has 72 valence electrons. The summed E-state index contributed by atoms with van der Waals surface area (Å²) >= 11 is 0. The van der Waals surface area contributed by atoms with Crippen molar-refractivity contribution in [1.29, 1.82) is 0 Å². The topological polar surface area (TPSA) is 29.9 Å². The summed E-state index contributed by atoms with van der Waals surface area (Å²) < 4.78 is 2.11. The van der Waals surface area contributed by atoms with Gasteiger partial charge in [0.05, 0.1) is 0 Å². The van der Waals surface area contributed by atoms with Gasteiger partial charge in [-0.1, -0.05) is 12.2 Å². The van der Waals surface area contributed by atoms with Crippen molar-refractivity contribution in [3.05, 3.63) is 42.4 Å². The SMILES string of the molecule is C1=CC([SH]2C=Cn3ccnc32)C=CN1. The molecule has 0 bridgehead atoms. The average molecular weight is 205 g/mol. The first kappa shape index (κ1) is 7.94. The summed E-state index contributed by atoms with van der Waals surface area (Å²) in [7, 11) is -0.284. The summed E-state index contributed by atoms with van der Waals surface area (Å²) in [4.78, 5) is 4.39. The number of aromatic nitrogens is 2. The zero-order chi connectivity index (χ0) is 9.38. The lowest BCUT2D eigenvalue weighted by Crippen LogP contribution is -2.08. The molecule has 3 nitrogen and oxygen atoms in total. The van der Waals surface area contributed by atoms with E-state index in [2.05, 4.69) is 38.6 Å². The van der Waals surface area contributed by atoms with Crippen LogP contribution in [-0.2, 0) is 0 Å². The molecule has 1 aromatic rings. The summed E-state index contributed by atoms with van der Waals surface area (Å²) in [5, 5.41) is 7.01. The van der Waals surface area contributed by atoms with E-state index in [-0.39, 0.29) is 10.9 Å². The van der Waals surface area contributed by atoms with Crippen LogP contribution in [0.25, 0.3) is 6.20 Å². The van der Waals surface area contributed by atoms with Gasteiger partial charge in [0.2, 0.25) is 0 Å². The predicted molar refractivity (Wildman–Crippen MR) is 60.0 cm³/mol. The van der Waals surface area contributed by atoms with Gasteiger partial charge in [-0.15, -0.1) is 0 Å². The van der Waals surface area contributed by atoms with Crippen LogP contribution >= 0.6 is 10.9 Å². The highest BCUT2D eigenvalue weighted by Crippen LogP contribution is 2.46. The number of dihydropyridines is 1. The van der Waals surface area contributed by atoms with E-state index in [0.29, 0.717) is 5.25 Å². The second-order valence-corrected chi connectivity index (χ2v) is 5.32. The highest BCUT2D eigenvalue weighted by atomic mass is 32.2. The molecule has 1 N–H and O–H groups in total. The molecule has 0 aliphatic carbocycles. The van der Waals surface area contributed by atoms with Crippen molar-refractivity contribution in [2.45, 2.75) is 10.4 Å². The van der Waals surface area contributed by atoms with Crippen molar-refractivity contribution in [3.63, 3.8) is 0 Å². The summed E-state index contributed by atoms with van der Waals surface area (Å²) in [5.74, 6) is 0. The van der Waals surface area contributed by atoms with Crippen molar-refractivity contribution < 1.29 is 0 Å². The first-order valence-corrected chi connectivity index (χ1v) is 6.02. The van der Waals surface area contributed by atoms with Crippen molar-refractivity contribution >= 4 is 17.1 Å². The minimum atomic E-state index is -0.284. The van der Waals surface area contributed by atoms with E-state index in [4.69, 9.17) is 0 Å². The summed E-state index contributed by atoms with van der Waals surface area (Å²) in [6, 6.07) is 0. The molecule has 0 fully saturated rings. The highest BCUT2D eigenvalue weighted by molar-refractivity contribution is 8.20. The normalized spacial score (nSPS) is 26.4. The molecule has 1 aromatic heterocycles. The van der Waals surface area contributed by atoms with Crippen LogP contribution in [0.4, 0.5) is 0 Å². The number of hydrogen-bond donors (Lipinski definition) is 2. The molecule has 4 heteroatoms. The molecule has 3 heterocycles. The minimum Gasteiger partial charge on any atom is -0.368 e. The largest absolute Gasteiger partial charge is 0.368 e. The molecular formula is C10H11N3S. The third kappa shape index (κ3) is 1.11. The Labute approximate surface area is 85.2 Å². The summed E-state index contributed by atoms with van der Waals surface area (Å²) in [6.45, 7) is 0. The lowest BCUT2D eigenvalue weighted by atomic mass is 10.3. The minimum absolute atomic E-state index is 0.284. The second-order valence-electron chi connectivity index (χ2n) is 3.22. The Morgan fingerprint density at radius 3 is 3.07 bits per heavy atom. The van der Waals surface area contributed by atoms with Gasteiger partial charge in [0.25, 0.3) is 0 Å². The number of nitrogens with zero attached hydrogens (tertiary/aromatic N) is 2. The Kier molecular flexibility index (Phi) is 1.73. The average Bonchev–Trinajstić information content (AvgIpc) is 2.79. The zero-order valence-corrected chi connectivity index (χ0v) is 8.43. The van der Waals surface area contributed by atoms with E-state index in [1.165, 1.54) is 5.16 Å². The molecule has 0 saturated heterocycles. The fourth-order valence-electron chi connectivity index (χ4n) is 1.68. The molecule has 1 atom stereocenters.